The largest absolute Gasteiger partial charge is 0.479 e. The average Bonchev–Trinajstić information content (AvgIpc) is 3.17. The van der Waals surface area contributed by atoms with Gasteiger partial charge in [0.25, 0.3) is 5.88 Å². The van der Waals surface area contributed by atoms with E-state index >= 15 is 0 Å². The van der Waals surface area contributed by atoms with E-state index in [1.54, 1.807) is 13.2 Å². The number of fused-ring (bicyclic) bond motifs is 1. The van der Waals surface area contributed by atoms with Gasteiger partial charge >= 0.3 is 0 Å². The Morgan fingerprint density at radius 3 is 2.96 bits per heavy atom. The van der Waals surface area contributed by atoms with Crippen LogP contribution in [0.4, 0.5) is 0 Å². The fourth-order valence-corrected chi connectivity index (χ4v) is 4.64. The lowest BCUT2D eigenvalue weighted by Crippen LogP contribution is -2.51. The molecule has 0 radical (unpaired) electrons. The number of carbonyl (C=O) groups is 1. The molecule has 0 aliphatic carbocycles. The van der Waals surface area contributed by atoms with Gasteiger partial charge in [-0.3, -0.25) is 4.79 Å². The first-order valence-corrected chi connectivity index (χ1v) is 10.7. The predicted molar refractivity (Wildman–Crippen MR) is 105 cm³/mol. The molecule has 6 heteroatoms. The molecule has 1 amide bonds. The summed E-state index contributed by atoms with van der Waals surface area (Å²) < 4.78 is 10.3. The fraction of sp³-hybridized carbons (Fsp3) is 0.810. The third kappa shape index (κ3) is 5.47. The van der Waals surface area contributed by atoms with Crippen molar-refractivity contribution >= 4 is 5.91 Å². The van der Waals surface area contributed by atoms with Gasteiger partial charge in [-0.05, 0) is 56.3 Å². The van der Waals surface area contributed by atoms with Crippen LogP contribution in [0.1, 0.15) is 64.1 Å². The van der Waals surface area contributed by atoms with Gasteiger partial charge in [0, 0.05) is 38.0 Å². The summed E-state index contributed by atoms with van der Waals surface area (Å²) in [5.41, 5.74) is 0. The summed E-state index contributed by atoms with van der Waals surface area (Å²) in [6, 6.07) is 2.45. The molecule has 2 atom stereocenters. The molecule has 27 heavy (non-hydrogen) atoms. The Morgan fingerprint density at radius 1 is 1.33 bits per heavy atom. The van der Waals surface area contributed by atoms with Gasteiger partial charge in [0.2, 0.25) is 5.91 Å². The van der Waals surface area contributed by atoms with Crippen LogP contribution in [0.25, 0.3) is 0 Å². The summed E-state index contributed by atoms with van der Waals surface area (Å²) >= 11 is 0. The van der Waals surface area contributed by atoms with E-state index in [4.69, 9.17) is 9.26 Å². The standard InChI is InChI=1S/C21H35N3O3/c1-3-4-12-24(21(25)11-10-18-15-20(26-2)22-27-18)16-17-8-7-14-23-13-6-5-9-19(17)23/h15,17,19H,3-14,16H2,1-2H3/t17-,19+/m1/s1. The van der Waals surface area contributed by atoms with Gasteiger partial charge in [0.05, 0.1) is 7.11 Å². The molecule has 152 valence electrons. The second kappa shape index (κ2) is 10.1. The summed E-state index contributed by atoms with van der Waals surface area (Å²) in [7, 11) is 1.57. The zero-order valence-electron chi connectivity index (χ0n) is 17.0. The first-order chi connectivity index (χ1) is 13.2. The maximum atomic E-state index is 13.0. The molecular formula is C21H35N3O3. The summed E-state index contributed by atoms with van der Waals surface area (Å²) in [5, 5.41) is 3.82. The van der Waals surface area contributed by atoms with E-state index in [0.717, 1.165) is 25.9 Å². The number of rotatable bonds is 9. The Hall–Kier alpha value is -1.56. The van der Waals surface area contributed by atoms with E-state index in [2.05, 4.69) is 21.9 Å². The van der Waals surface area contributed by atoms with E-state index in [0.29, 0.717) is 36.4 Å². The zero-order valence-corrected chi connectivity index (χ0v) is 17.0. The van der Waals surface area contributed by atoms with Gasteiger partial charge in [-0.25, -0.2) is 0 Å². The number of hydrogen-bond donors (Lipinski definition) is 0. The molecule has 0 spiro atoms. The predicted octanol–water partition coefficient (Wildman–Crippen LogP) is 3.51. The number of unbranched alkanes of at least 4 members (excludes halogenated alkanes) is 1. The smallest absolute Gasteiger partial charge is 0.254 e. The molecule has 0 saturated carbocycles. The van der Waals surface area contributed by atoms with Crippen LogP contribution in [-0.4, -0.2) is 60.2 Å². The molecule has 2 aliphatic heterocycles. The van der Waals surface area contributed by atoms with Crippen molar-refractivity contribution in [3.05, 3.63) is 11.8 Å². The van der Waals surface area contributed by atoms with Crippen molar-refractivity contribution in [3.63, 3.8) is 0 Å². The fourth-order valence-electron chi connectivity index (χ4n) is 4.64. The first kappa shape index (κ1) is 20.2. The molecular weight excluding hydrogens is 342 g/mol. The number of aromatic nitrogens is 1. The molecule has 6 nitrogen and oxygen atoms in total. The summed E-state index contributed by atoms with van der Waals surface area (Å²) in [6.45, 7) is 6.47. The Balaban J connectivity index is 1.57. The van der Waals surface area contributed by atoms with Crippen molar-refractivity contribution in [1.82, 2.24) is 15.0 Å². The van der Waals surface area contributed by atoms with Crippen molar-refractivity contribution in [2.45, 2.75) is 70.8 Å². The van der Waals surface area contributed by atoms with E-state index in [1.807, 2.05) is 0 Å². The van der Waals surface area contributed by atoms with Crippen LogP contribution in [0.3, 0.4) is 0 Å². The molecule has 0 aromatic carbocycles. The first-order valence-electron chi connectivity index (χ1n) is 10.7. The lowest BCUT2D eigenvalue weighted by Gasteiger charge is -2.45. The van der Waals surface area contributed by atoms with Crippen molar-refractivity contribution in [1.29, 1.82) is 0 Å². The topological polar surface area (TPSA) is 58.8 Å². The molecule has 0 N–H and O–H groups in total. The SMILES string of the molecule is CCCCN(C[C@H]1CCCN2CCCC[C@@H]12)C(=O)CCc1cc(OC)no1. The average molecular weight is 378 g/mol. The molecule has 2 saturated heterocycles. The second-order valence-corrected chi connectivity index (χ2v) is 8.03. The summed E-state index contributed by atoms with van der Waals surface area (Å²) in [5.74, 6) is 2.06. The third-order valence-electron chi connectivity index (χ3n) is 6.15. The Bertz CT molecular complexity index is 587. The molecule has 2 fully saturated rings. The molecule has 3 heterocycles. The highest BCUT2D eigenvalue weighted by Crippen LogP contribution is 2.31. The number of nitrogens with zero attached hydrogens (tertiary/aromatic N) is 3. The van der Waals surface area contributed by atoms with Crippen molar-refractivity contribution in [3.8, 4) is 5.88 Å². The van der Waals surface area contributed by atoms with E-state index in [1.165, 1.54) is 45.2 Å². The van der Waals surface area contributed by atoms with Crippen molar-refractivity contribution < 1.29 is 14.1 Å². The highest BCUT2D eigenvalue weighted by Gasteiger charge is 2.34. The number of amides is 1. The van der Waals surface area contributed by atoms with E-state index in [-0.39, 0.29) is 5.91 Å². The maximum absolute atomic E-state index is 13.0. The van der Waals surface area contributed by atoms with Gasteiger partial charge in [-0.1, -0.05) is 19.8 Å². The molecule has 3 rings (SSSR count). The number of methoxy groups -OCH3 is 1. The highest BCUT2D eigenvalue weighted by molar-refractivity contribution is 5.76. The van der Waals surface area contributed by atoms with Crippen LogP contribution >= 0.6 is 0 Å². The number of aryl methyl sites for hydroxylation is 1. The number of hydrogen-bond acceptors (Lipinski definition) is 5. The van der Waals surface area contributed by atoms with Gasteiger partial charge in [-0.15, -0.1) is 0 Å². The van der Waals surface area contributed by atoms with Crippen LogP contribution in [-0.2, 0) is 11.2 Å². The van der Waals surface area contributed by atoms with E-state index in [9.17, 15) is 4.79 Å². The Morgan fingerprint density at radius 2 is 2.19 bits per heavy atom. The third-order valence-corrected chi connectivity index (χ3v) is 6.15. The van der Waals surface area contributed by atoms with Crippen LogP contribution in [0.5, 0.6) is 5.88 Å². The van der Waals surface area contributed by atoms with Crippen LogP contribution in [0.2, 0.25) is 0 Å². The molecule has 0 bridgehead atoms. The lowest BCUT2D eigenvalue weighted by atomic mass is 9.83. The number of carbonyl (C=O) groups excluding carboxylic acids is 1. The summed E-state index contributed by atoms with van der Waals surface area (Å²) in [6.07, 6.45) is 9.76. The van der Waals surface area contributed by atoms with Crippen molar-refractivity contribution in [2.24, 2.45) is 5.92 Å². The Kier molecular flexibility index (Phi) is 7.56. The van der Waals surface area contributed by atoms with Gasteiger partial charge in [0.15, 0.2) is 0 Å². The molecule has 1 aromatic heterocycles. The van der Waals surface area contributed by atoms with Gasteiger partial charge in [0.1, 0.15) is 5.76 Å². The summed E-state index contributed by atoms with van der Waals surface area (Å²) in [4.78, 5) is 17.8. The molecule has 0 unspecified atom stereocenters. The molecule has 1 aromatic rings. The zero-order chi connectivity index (χ0) is 19.1. The highest BCUT2D eigenvalue weighted by atomic mass is 16.5. The van der Waals surface area contributed by atoms with Crippen LogP contribution in [0, 0.1) is 5.92 Å². The van der Waals surface area contributed by atoms with Gasteiger partial charge < -0.3 is 19.1 Å². The van der Waals surface area contributed by atoms with Crippen LogP contribution in [0.15, 0.2) is 10.6 Å². The normalized spacial score (nSPS) is 23.0. The van der Waals surface area contributed by atoms with Gasteiger partial charge in [-0.2, -0.15) is 0 Å². The van der Waals surface area contributed by atoms with Crippen molar-refractivity contribution in [2.75, 3.05) is 33.3 Å². The van der Waals surface area contributed by atoms with Crippen LogP contribution < -0.4 is 4.74 Å². The minimum absolute atomic E-state index is 0.242. The quantitative estimate of drug-likeness (QED) is 0.659. The number of ether oxygens (including phenoxy) is 1. The molecule has 2 aliphatic rings. The van der Waals surface area contributed by atoms with E-state index < -0.39 is 0 Å². The lowest BCUT2D eigenvalue weighted by molar-refractivity contribution is -0.132. The monoisotopic (exact) mass is 377 g/mol. The minimum atomic E-state index is 0.242. The maximum Gasteiger partial charge on any atom is 0.254 e. The minimum Gasteiger partial charge on any atom is -0.479 e. The number of piperidine rings is 2. The Labute approximate surface area is 163 Å². The second-order valence-electron chi connectivity index (χ2n) is 8.03.